The van der Waals surface area contributed by atoms with E-state index in [1.165, 1.54) is 106 Å². The third-order valence-corrected chi connectivity index (χ3v) is 22.7. The first-order valence-electron chi connectivity index (χ1n) is 43.0. The SMILES string of the molecule is C.C.C.C.C.C.C.CC(C)c1ccc2ccccc2c1.CC1CCS(=O)(=O)C1.CC1Cc2ccccc2C1.CCCCN1CCOCC1.CCNC(C)=O.CCSC(F)(F)F.CCc1c[nH]c2ccccc12.CCc1cccc2ccccc12.CCc1nc2ccccc2[nH]1.Cc1cc(C)on1.Cc1nc2ccccc2[nH]1.Cc1nc2ccccc2n1Cc1ccccc1. The van der Waals surface area contributed by atoms with Gasteiger partial charge in [-0.05, 0) is 201 Å². The number of carbonyl (C=O) groups excluding carboxylic acids is 1. The molecule has 0 bridgehead atoms. The van der Waals surface area contributed by atoms with E-state index in [0.29, 0.717) is 23.3 Å². The van der Waals surface area contributed by atoms with Gasteiger partial charge in [0.2, 0.25) is 5.91 Å². The summed E-state index contributed by atoms with van der Waals surface area (Å²) >= 11 is -0.0116. The largest absolute Gasteiger partial charge is 0.441 e. The number of hydrogen-bond acceptors (Lipinski definition) is 11. The first-order valence-corrected chi connectivity index (χ1v) is 45.8. The molecule has 7 heterocycles. The maximum atomic E-state index is 11.0. The van der Waals surface area contributed by atoms with Crippen molar-refractivity contribution in [2.75, 3.05) is 56.7 Å². The molecule has 15 aromatic rings. The van der Waals surface area contributed by atoms with Crippen molar-refractivity contribution in [1.29, 1.82) is 0 Å². The number of unbranched alkanes of at least 4 members (excludes halogenated alkanes) is 1. The lowest BCUT2D eigenvalue weighted by atomic mass is 9.99. The highest BCUT2D eigenvalue weighted by Gasteiger charge is 2.26. The van der Waals surface area contributed by atoms with Gasteiger partial charge < -0.3 is 34.1 Å². The maximum absolute atomic E-state index is 11.0. The number of carbonyl (C=O) groups is 1. The zero-order valence-corrected chi connectivity index (χ0v) is 75.9. The summed E-state index contributed by atoms with van der Waals surface area (Å²) in [6, 6.07) is 84.1. The van der Waals surface area contributed by atoms with Crippen LogP contribution < -0.4 is 5.32 Å². The molecule has 0 radical (unpaired) electrons. The predicted octanol–water partition coefficient (Wildman–Crippen LogP) is 29.6. The van der Waals surface area contributed by atoms with E-state index in [4.69, 9.17) is 9.26 Å². The number of aromatic amines is 3. The van der Waals surface area contributed by atoms with Gasteiger partial charge in [0.05, 0.1) is 63.5 Å². The number of nitrogens with one attached hydrogen (secondary N) is 4. The van der Waals surface area contributed by atoms with E-state index in [1.54, 1.807) is 11.1 Å². The number of ether oxygens (including phenoxy) is 1. The van der Waals surface area contributed by atoms with E-state index < -0.39 is 15.3 Å². The Morgan fingerprint density at radius 2 is 1.10 bits per heavy atom. The second-order valence-electron chi connectivity index (χ2n) is 30.7. The van der Waals surface area contributed by atoms with Gasteiger partial charge in [0.25, 0.3) is 0 Å². The molecule has 2 aliphatic heterocycles. The molecule has 129 heavy (non-hydrogen) atoms. The molecule has 4 N–H and O–H groups in total. The third-order valence-electron chi connectivity index (χ3n) is 20.2. The highest BCUT2D eigenvalue weighted by molar-refractivity contribution is 8.00. The van der Waals surface area contributed by atoms with Crippen molar-refractivity contribution in [1.82, 2.24) is 49.8 Å². The molecule has 1 atom stereocenters. The number of halogens is 3. The number of alkyl halides is 3. The average Bonchev–Trinajstić information content (AvgIpc) is 1.68. The second-order valence-corrected chi connectivity index (χ2v) is 34.3. The summed E-state index contributed by atoms with van der Waals surface area (Å²) < 4.78 is 66.5. The molecule has 2 fully saturated rings. The Morgan fingerprint density at radius 3 is 1.59 bits per heavy atom. The molecule has 0 saturated carbocycles. The highest BCUT2D eigenvalue weighted by Crippen LogP contribution is 2.30. The molecule has 1 aliphatic carbocycles. The Morgan fingerprint density at radius 1 is 0.566 bits per heavy atom. The molecular formula is C109H157F3N10O5S2. The molecule has 2 saturated heterocycles. The molecule has 20 heteroatoms. The van der Waals surface area contributed by atoms with E-state index in [-0.39, 0.29) is 75.4 Å². The molecule has 0 spiro atoms. The van der Waals surface area contributed by atoms with Crippen molar-refractivity contribution in [3.05, 3.63) is 311 Å². The Hall–Kier alpha value is -10.6. The van der Waals surface area contributed by atoms with Crippen molar-refractivity contribution in [3.63, 3.8) is 0 Å². The molecule has 10 aromatic carbocycles. The van der Waals surface area contributed by atoms with Crippen LogP contribution in [0.1, 0.15) is 216 Å². The number of amides is 1. The molecule has 706 valence electrons. The summed E-state index contributed by atoms with van der Waals surface area (Å²) in [7, 11) is -2.60. The van der Waals surface area contributed by atoms with Crippen LogP contribution in [-0.2, 0) is 58.0 Å². The van der Waals surface area contributed by atoms with Crippen molar-refractivity contribution in [3.8, 4) is 0 Å². The number of aromatic nitrogens is 8. The number of H-pyrrole nitrogens is 3. The van der Waals surface area contributed by atoms with Crippen LogP contribution in [0.5, 0.6) is 0 Å². The quantitative estimate of drug-likeness (QED) is 0.0963. The van der Waals surface area contributed by atoms with E-state index >= 15 is 0 Å². The summed E-state index contributed by atoms with van der Waals surface area (Å²) in [5.74, 6) is 6.82. The van der Waals surface area contributed by atoms with Gasteiger partial charge in [-0.15, -0.1) is 0 Å². The van der Waals surface area contributed by atoms with Crippen LogP contribution in [0.25, 0.3) is 65.5 Å². The minimum atomic E-state index is -4.03. The molecule has 3 aliphatic rings. The Balaban J connectivity index is 0.00000139. The summed E-state index contributed by atoms with van der Waals surface area (Å²) in [6.07, 6.45) is 11.3. The zero-order valence-electron chi connectivity index (χ0n) is 74.3. The molecule has 5 aromatic heterocycles. The van der Waals surface area contributed by atoms with Crippen molar-refractivity contribution < 1.29 is 35.6 Å². The lowest BCUT2D eigenvalue weighted by molar-refractivity contribution is -0.118. The first kappa shape index (κ1) is 118. The number of fused-ring (bicyclic) bond motifs is 7. The van der Waals surface area contributed by atoms with Gasteiger partial charge in [-0.3, -0.25) is 9.69 Å². The van der Waals surface area contributed by atoms with E-state index in [1.807, 2.05) is 101 Å². The number of imidazole rings is 3. The van der Waals surface area contributed by atoms with Crippen LogP contribution in [-0.4, -0.2) is 121 Å². The normalized spacial score (nSPS) is 12.8. The summed E-state index contributed by atoms with van der Waals surface area (Å²) in [5.41, 5.74) is 13.5. The van der Waals surface area contributed by atoms with Crippen molar-refractivity contribution in [2.24, 2.45) is 11.8 Å². The third kappa shape index (κ3) is 42.7. The van der Waals surface area contributed by atoms with Gasteiger partial charge in [0.15, 0.2) is 9.84 Å². The molecule has 18 rings (SSSR count). The van der Waals surface area contributed by atoms with Crippen LogP contribution in [0, 0.1) is 39.5 Å². The number of para-hydroxylation sites is 7. The van der Waals surface area contributed by atoms with Crippen molar-refractivity contribution >= 4 is 93.1 Å². The van der Waals surface area contributed by atoms with Gasteiger partial charge in [0, 0.05) is 62.7 Å². The Labute approximate surface area is 778 Å². The summed E-state index contributed by atoms with van der Waals surface area (Å²) in [5, 5.41) is 13.0. The maximum Gasteiger partial charge on any atom is 0.441 e. The number of thioether (sulfide) groups is 1. The zero-order chi connectivity index (χ0) is 88.2. The van der Waals surface area contributed by atoms with Gasteiger partial charge in [-0.25, -0.2) is 23.4 Å². The molecule has 1 unspecified atom stereocenters. The van der Waals surface area contributed by atoms with Crippen LogP contribution in [0.3, 0.4) is 0 Å². The number of hydrogen-bond donors (Lipinski definition) is 4. The standard InChI is InChI=1S/C15H14N2.C13H14.C12H12.C10H11N.C10H12.C9H10N2.C8H8N2.C8H17NO.C5H7NO.C5H10O2S.C4H9NO.C3H5F3S.7CH4/c1-12-16-14-9-5-6-10-15(14)17(12)11-13-7-3-2-4-8-13;1-10(2)12-8-7-11-5-3-4-6-13(11)9-12;1-2-10-7-5-8-11-6-3-4-9-12(10)11;1-2-8-7-11-10-6-4-3-5-9(8)10;1-8-6-9-4-2-3-5-10(9)7-8;1-2-9-10-7-5-3-4-6-8(7)11-9;1-6-9-7-4-2-3-5-8(7)10-6;1-2-3-4-9-5-7-10-8-6-9;1-4-3-5(2)7-6-4;1-5-2-3-8(6,7)4-5;1-3-5-4(2)6;1-2-7-3(4,5)6;;;;;;;/h2-10H,11H2,1H3;3-10H,1-2H3;3-9H,2H2,1H3;3-7,11H,2H2,1H3;2-5,8H,6-7H2,1H3;3-6H,2H2,1H3,(H,10,11);2-5H,1H3,(H,9,10);2-8H2,1H3;3H,1-2H3;5H,2-4H2,1H3;3H2,1-2H3,(H,5,6);2H2,1H3;7*1H4. The average molecular weight is 1810 g/mol. The van der Waals surface area contributed by atoms with Crippen LogP contribution in [0.15, 0.2) is 253 Å². The Bertz CT molecular complexity index is 5490. The Kier molecular flexibility index (Phi) is 58.1. The predicted molar refractivity (Wildman–Crippen MR) is 555 cm³/mol. The molecule has 15 nitrogen and oxygen atoms in total. The minimum Gasteiger partial charge on any atom is -0.379 e. The number of nitrogens with zero attached hydrogens (tertiary/aromatic N) is 6. The van der Waals surface area contributed by atoms with Crippen LogP contribution in [0.2, 0.25) is 0 Å². The fourth-order valence-electron chi connectivity index (χ4n) is 13.9. The van der Waals surface area contributed by atoms with Crippen LogP contribution >= 0.6 is 11.8 Å². The summed E-state index contributed by atoms with van der Waals surface area (Å²) in [4.78, 5) is 35.2. The number of morpholine rings is 1. The topological polar surface area (TPSA) is 193 Å². The second kappa shape index (κ2) is 63.4. The van der Waals surface area contributed by atoms with Gasteiger partial charge in [-0.1, -0.05) is 332 Å². The highest BCUT2D eigenvalue weighted by atomic mass is 32.2. The molecular weight excluding hydrogens is 1650 g/mol. The van der Waals surface area contributed by atoms with E-state index in [0.717, 1.165) is 128 Å². The van der Waals surface area contributed by atoms with Crippen LogP contribution in [0.4, 0.5) is 13.2 Å². The van der Waals surface area contributed by atoms with Gasteiger partial charge in [-0.2, -0.15) is 13.2 Å². The minimum absolute atomic E-state index is 0. The van der Waals surface area contributed by atoms with Crippen molar-refractivity contribution in [2.45, 2.75) is 225 Å². The first-order chi connectivity index (χ1) is 58.7. The lowest BCUT2D eigenvalue weighted by Crippen LogP contribution is -2.36. The number of aryl methyl sites for hydroxylation is 7. The number of benzene rings is 10. The number of rotatable bonds is 11. The number of sulfone groups is 1. The molecule has 1 amide bonds. The van der Waals surface area contributed by atoms with Gasteiger partial charge >= 0.3 is 5.51 Å². The monoisotopic (exact) mass is 1810 g/mol. The smallest absolute Gasteiger partial charge is 0.379 e. The summed E-state index contributed by atoms with van der Waals surface area (Å²) in [6.45, 7) is 37.1. The lowest BCUT2D eigenvalue weighted by Gasteiger charge is -2.26. The van der Waals surface area contributed by atoms with E-state index in [2.05, 4.69) is 287 Å². The fourth-order valence-corrected chi connectivity index (χ4v) is 16.2. The van der Waals surface area contributed by atoms with Gasteiger partial charge in [0.1, 0.15) is 23.2 Å². The fraction of sp³-hybridized carbons (Fsp3) is 0.404. The van der Waals surface area contributed by atoms with E-state index in [9.17, 15) is 26.4 Å².